The lowest BCUT2D eigenvalue weighted by molar-refractivity contribution is -0.358. The highest BCUT2D eigenvalue weighted by Gasteiger charge is 1.90. The lowest BCUT2D eigenvalue weighted by Crippen LogP contribution is -2.21. The van der Waals surface area contributed by atoms with Gasteiger partial charge in [-0.25, -0.2) is 0 Å². The highest BCUT2D eigenvalue weighted by molar-refractivity contribution is 5.78. The molecular formula is C4H11N3O2. The van der Waals surface area contributed by atoms with E-state index in [1.54, 1.807) is 13.8 Å². The molecule has 0 aliphatic rings. The Morgan fingerprint density at radius 1 is 1.56 bits per heavy atom. The van der Waals surface area contributed by atoms with Gasteiger partial charge in [0, 0.05) is 5.23 Å². The molecule has 0 amide bonds. The lowest BCUT2D eigenvalue weighted by atomic mass is 10.5. The minimum Gasteiger partial charge on any atom is -0.270 e. The van der Waals surface area contributed by atoms with Crippen molar-refractivity contribution in [2.45, 2.75) is 13.8 Å². The van der Waals surface area contributed by atoms with Gasteiger partial charge in [-0.3, -0.25) is 4.94 Å². The number of hydrogen-bond acceptors (Lipinski definition) is 5. The van der Waals surface area contributed by atoms with Crippen molar-refractivity contribution in [2.24, 2.45) is 11.1 Å². The Kier molecular flexibility index (Phi) is 3.94. The van der Waals surface area contributed by atoms with Crippen molar-refractivity contribution in [2.75, 3.05) is 7.05 Å². The van der Waals surface area contributed by atoms with Gasteiger partial charge in [0.2, 0.25) is 0 Å². The maximum absolute atomic E-state index is 4.69. The number of oxime groups is 1. The first-order valence-corrected chi connectivity index (χ1v) is 2.45. The van der Waals surface area contributed by atoms with Crippen molar-refractivity contribution < 1.29 is 9.88 Å². The van der Waals surface area contributed by atoms with Crippen molar-refractivity contribution in [3.63, 3.8) is 0 Å². The van der Waals surface area contributed by atoms with E-state index in [0.29, 0.717) is 0 Å². The van der Waals surface area contributed by atoms with Crippen LogP contribution in [0.3, 0.4) is 0 Å². The molecule has 0 aromatic heterocycles. The minimum absolute atomic E-state index is 0.791. The van der Waals surface area contributed by atoms with Crippen LogP contribution in [-0.2, 0) is 9.88 Å². The highest BCUT2D eigenvalue weighted by Crippen LogP contribution is 1.83. The molecule has 0 aromatic rings. The number of hydroxylamine groups is 2. The van der Waals surface area contributed by atoms with E-state index >= 15 is 0 Å². The van der Waals surface area contributed by atoms with E-state index in [9.17, 15) is 0 Å². The summed E-state index contributed by atoms with van der Waals surface area (Å²) in [5.74, 6) is 4.69. The summed E-state index contributed by atoms with van der Waals surface area (Å²) in [7, 11) is 1.49. The van der Waals surface area contributed by atoms with Gasteiger partial charge < -0.3 is 0 Å². The molecule has 0 saturated carbocycles. The second-order valence-corrected chi connectivity index (χ2v) is 1.67. The quantitative estimate of drug-likeness (QED) is 0.436. The van der Waals surface area contributed by atoms with E-state index in [2.05, 4.69) is 20.9 Å². The number of hydrogen-bond donors (Lipinski definition) is 1. The first-order valence-electron chi connectivity index (χ1n) is 2.45. The summed E-state index contributed by atoms with van der Waals surface area (Å²) < 4.78 is 0. The number of nitrogens with zero attached hydrogens (tertiary/aromatic N) is 2. The molecule has 54 valence electrons. The molecular weight excluding hydrogens is 122 g/mol. The number of nitrogens with two attached hydrogens (primary N) is 1. The summed E-state index contributed by atoms with van der Waals surface area (Å²) in [5, 5.41) is 4.47. The molecule has 0 spiro atoms. The van der Waals surface area contributed by atoms with Crippen LogP contribution in [0.4, 0.5) is 0 Å². The molecule has 0 saturated heterocycles. The van der Waals surface area contributed by atoms with Crippen molar-refractivity contribution in [3.8, 4) is 0 Å². The zero-order chi connectivity index (χ0) is 7.28. The Balaban J connectivity index is 3.37. The minimum atomic E-state index is 0.791. The van der Waals surface area contributed by atoms with E-state index < -0.39 is 0 Å². The van der Waals surface area contributed by atoms with Gasteiger partial charge in [0.05, 0.1) is 12.8 Å². The molecule has 5 nitrogen and oxygen atoms in total. The molecule has 0 aliphatic carbocycles. The van der Waals surface area contributed by atoms with Crippen LogP contribution in [-0.4, -0.2) is 18.0 Å². The highest BCUT2D eigenvalue weighted by atomic mass is 17.0. The predicted molar refractivity (Wildman–Crippen MR) is 32.9 cm³/mol. The molecule has 0 unspecified atom stereocenters. The second kappa shape index (κ2) is 4.25. The predicted octanol–water partition coefficient (Wildman–Crippen LogP) is 0.0509. The molecule has 2 N–H and O–H groups in total. The Bertz CT molecular complexity index is 100.0. The largest absolute Gasteiger partial charge is 0.270 e. The molecule has 0 bridgehead atoms. The standard InChI is InChI=1S/C4H11N3O2/c1-4(2)6-9-7(3)8-5/h5H2,1-3H3. The average Bonchev–Trinajstić information content (AvgIpc) is 1.83. The van der Waals surface area contributed by atoms with Crippen molar-refractivity contribution in [1.29, 1.82) is 0 Å². The van der Waals surface area contributed by atoms with Crippen LogP contribution in [0, 0.1) is 0 Å². The number of rotatable bonds is 3. The Morgan fingerprint density at radius 2 is 2.11 bits per heavy atom. The Labute approximate surface area is 53.9 Å². The molecule has 0 fully saturated rings. The van der Waals surface area contributed by atoms with Gasteiger partial charge in [-0.2, -0.15) is 10.8 Å². The van der Waals surface area contributed by atoms with Gasteiger partial charge in [0.1, 0.15) is 0 Å². The van der Waals surface area contributed by atoms with Crippen LogP contribution in [0.5, 0.6) is 0 Å². The molecule has 0 radical (unpaired) electrons. The molecule has 9 heavy (non-hydrogen) atoms. The average molecular weight is 133 g/mol. The molecule has 0 rings (SSSR count). The fourth-order valence-electron chi connectivity index (χ4n) is 0.158. The summed E-state index contributed by atoms with van der Waals surface area (Å²) in [6.45, 7) is 3.59. The van der Waals surface area contributed by atoms with E-state index in [-0.39, 0.29) is 0 Å². The Hall–Kier alpha value is -0.650. The molecule has 5 heteroatoms. The molecule has 0 heterocycles. The van der Waals surface area contributed by atoms with Crippen LogP contribution in [0.1, 0.15) is 13.8 Å². The van der Waals surface area contributed by atoms with Gasteiger partial charge in [0.15, 0.2) is 0 Å². The summed E-state index contributed by atoms with van der Waals surface area (Å²) in [4.78, 5) is 8.63. The third-order valence-electron chi connectivity index (χ3n) is 0.487. The van der Waals surface area contributed by atoms with Gasteiger partial charge >= 0.3 is 0 Å². The second-order valence-electron chi connectivity index (χ2n) is 1.67. The Morgan fingerprint density at radius 3 is 2.44 bits per heavy atom. The van der Waals surface area contributed by atoms with Crippen LogP contribution in [0.25, 0.3) is 0 Å². The van der Waals surface area contributed by atoms with Gasteiger partial charge in [-0.1, -0.05) is 5.16 Å². The van der Waals surface area contributed by atoms with Gasteiger partial charge in [-0.15, -0.1) is 0 Å². The van der Waals surface area contributed by atoms with Crippen molar-refractivity contribution >= 4 is 5.71 Å². The summed E-state index contributed by atoms with van der Waals surface area (Å²) in [5.41, 5.74) is 0.791. The van der Waals surface area contributed by atoms with Crippen LogP contribution in [0.15, 0.2) is 5.16 Å². The molecule has 0 aromatic carbocycles. The normalized spacial score (nSPS) is 9.44. The molecule has 0 aliphatic heterocycles. The van der Waals surface area contributed by atoms with Crippen molar-refractivity contribution in [1.82, 2.24) is 5.23 Å². The topological polar surface area (TPSA) is 60.1 Å². The smallest absolute Gasteiger partial charge is 0.0561 e. The lowest BCUT2D eigenvalue weighted by Gasteiger charge is -2.06. The van der Waals surface area contributed by atoms with Gasteiger partial charge in [-0.05, 0) is 13.8 Å². The van der Waals surface area contributed by atoms with Crippen LogP contribution < -0.4 is 5.90 Å². The summed E-state index contributed by atoms with van der Waals surface area (Å²) in [6.07, 6.45) is 0. The fraction of sp³-hybridized carbons (Fsp3) is 0.750. The van der Waals surface area contributed by atoms with Gasteiger partial charge in [0.25, 0.3) is 0 Å². The van der Waals surface area contributed by atoms with Crippen LogP contribution >= 0.6 is 0 Å². The van der Waals surface area contributed by atoms with E-state index in [1.807, 2.05) is 0 Å². The zero-order valence-electron chi connectivity index (χ0n) is 5.79. The fourth-order valence-corrected chi connectivity index (χ4v) is 0.158. The maximum atomic E-state index is 4.69. The third kappa shape index (κ3) is 5.22. The van der Waals surface area contributed by atoms with E-state index in [0.717, 1.165) is 10.9 Å². The van der Waals surface area contributed by atoms with E-state index in [4.69, 9.17) is 0 Å². The third-order valence-corrected chi connectivity index (χ3v) is 0.487. The summed E-state index contributed by atoms with van der Waals surface area (Å²) >= 11 is 0. The maximum Gasteiger partial charge on any atom is 0.0561 e. The first-order chi connectivity index (χ1) is 4.16. The zero-order valence-corrected chi connectivity index (χ0v) is 5.79. The van der Waals surface area contributed by atoms with E-state index in [1.165, 1.54) is 7.05 Å². The van der Waals surface area contributed by atoms with Crippen LogP contribution in [0.2, 0.25) is 0 Å². The monoisotopic (exact) mass is 133 g/mol. The molecule has 0 atom stereocenters. The SMILES string of the molecule is CC(C)=NON(C)ON. The summed E-state index contributed by atoms with van der Waals surface area (Å²) in [6, 6.07) is 0. The first kappa shape index (κ1) is 8.35. The van der Waals surface area contributed by atoms with Crippen molar-refractivity contribution in [3.05, 3.63) is 0 Å².